The number of hydrogen-bond donors (Lipinski definition) is 2. The van der Waals surface area contributed by atoms with Crippen LogP contribution in [0.15, 0.2) is 30.3 Å². The van der Waals surface area contributed by atoms with Gasteiger partial charge in [0.1, 0.15) is 0 Å². The van der Waals surface area contributed by atoms with Gasteiger partial charge in [-0.2, -0.15) is 0 Å². The number of amides is 2. The molecule has 5 nitrogen and oxygen atoms in total. The summed E-state index contributed by atoms with van der Waals surface area (Å²) in [4.78, 5) is 24.0. The molecule has 18 heavy (non-hydrogen) atoms. The Kier molecular flexibility index (Phi) is 3.82. The molecule has 1 unspecified atom stereocenters. The molecule has 0 aliphatic carbocycles. The third-order valence-electron chi connectivity index (χ3n) is 2.99. The Balaban J connectivity index is 1.97. The van der Waals surface area contributed by atoms with Crippen LogP contribution in [0.2, 0.25) is 0 Å². The van der Waals surface area contributed by atoms with Gasteiger partial charge in [0.15, 0.2) is 0 Å². The number of carbonyl (C=O) groups is 2. The normalized spacial score (nSPS) is 19.4. The predicted molar refractivity (Wildman–Crippen MR) is 66.0 cm³/mol. The quantitative estimate of drug-likeness (QED) is 0.843. The number of carboxylic acid groups (broad SMARTS) is 1. The van der Waals surface area contributed by atoms with Crippen molar-refractivity contribution >= 4 is 12.0 Å². The molecule has 2 rings (SSSR count). The fourth-order valence-corrected chi connectivity index (χ4v) is 2.13. The number of nitrogens with one attached hydrogen (secondary N) is 1. The highest BCUT2D eigenvalue weighted by Gasteiger charge is 2.26. The Hall–Kier alpha value is -2.04. The van der Waals surface area contributed by atoms with Gasteiger partial charge in [0.05, 0.1) is 6.42 Å². The molecule has 0 spiro atoms. The molecule has 0 saturated carbocycles. The van der Waals surface area contributed by atoms with Crippen LogP contribution in [0.5, 0.6) is 0 Å². The van der Waals surface area contributed by atoms with Crippen LogP contribution in [0.1, 0.15) is 12.0 Å². The molecular weight excluding hydrogens is 232 g/mol. The van der Waals surface area contributed by atoms with Gasteiger partial charge in [-0.05, 0) is 5.56 Å². The van der Waals surface area contributed by atoms with Crippen molar-refractivity contribution in [3.8, 4) is 0 Å². The van der Waals surface area contributed by atoms with E-state index in [9.17, 15) is 9.59 Å². The molecule has 0 aromatic heterocycles. The first-order chi connectivity index (χ1) is 8.65. The van der Waals surface area contributed by atoms with Gasteiger partial charge in [0, 0.05) is 25.6 Å². The molecule has 1 aromatic carbocycles. The number of hydrogen-bond acceptors (Lipinski definition) is 2. The van der Waals surface area contributed by atoms with Crippen molar-refractivity contribution in [3.05, 3.63) is 35.9 Å². The third-order valence-corrected chi connectivity index (χ3v) is 2.99. The standard InChI is InChI=1S/C13H16N2O3/c16-12(17)6-11-7-14-13(18)15(9-11)8-10-4-2-1-3-5-10/h1-5,11H,6-9H2,(H,14,18)(H,16,17). The average Bonchev–Trinajstić information content (AvgIpc) is 2.34. The first kappa shape index (κ1) is 12.4. The van der Waals surface area contributed by atoms with Gasteiger partial charge >= 0.3 is 12.0 Å². The highest BCUT2D eigenvalue weighted by molar-refractivity contribution is 5.75. The molecule has 1 aliphatic heterocycles. The van der Waals surface area contributed by atoms with Gasteiger partial charge < -0.3 is 15.3 Å². The summed E-state index contributed by atoms with van der Waals surface area (Å²) in [6.07, 6.45) is 0.0889. The van der Waals surface area contributed by atoms with Crippen LogP contribution in [0.4, 0.5) is 4.79 Å². The van der Waals surface area contributed by atoms with Crippen molar-refractivity contribution in [2.24, 2.45) is 5.92 Å². The second-order valence-electron chi connectivity index (χ2n) is 4.52. The average molecular weight is 248 g/mol. The molecule has 1 aliphatic rings. The first-order valence-electron chi connectivity index (χ1n) is 5.93. The molecule has 1 fully saturated rings. The van der Waals surface area contributed by atoms with Crippen LogP contribution < -0.4 is 5.32 Å². The maximum absolute atomic E-state index is 11.7. The zero-order valence-electron chi connectivity index (χ0n) is 10.0. The largest absolute Gasteiger partial charge is 0.481 e. The third kappa shape index (κ3) is 3.23. The SMILES string of the molecule is O=C(O)CC1CNC(=O)N(Cc2ccccc2)C1. The Morgan fingerprint density at radius 1 is 1.39 bits per heavy atom. The van der Waals surface area contributed by atoms with Crippen LogP contribution in [0, 0.1) is 5.92 Å². The molecule has 0 bridgehead atoms. The lowest BCUT2D eigenvalue weighted by atomic mass is 10.0. The van der Waals surface area contributed by atoms with E-state index in [4.69, 9.17) is 5.11 Å². The summed E-state index contributed by atoms with van der Waals surface area (Å²) in [5, 5.41) is 11.5. The highest BCUT2D eigenvalue weighted by Crippen LogP contribution is 2.14. The maximum atomic E-state index is 11.7. The van der Waals surface area contributed by atoms with E-state index in [0.717, 1.165) is 5.56 Å². The highest BCUT2D eigenvalue weighted by atomic mass is 16.4. The number of aliphatic carboxylic acids is 1. The van der Waals surface area contributed by atoms with Gasteiger partial charge in [-0.1, -0.05) is 30.3 Å². The van der Waals surface area contributed by atoms with Crippen LogP contribution in [0.25, 0.3) is 0 Å². The van der Waals surface area contributed by atoms with E-state index in [1.54, 1.807) is 4.90 Å². The molecule has 1 heterocycles. The fourth-order valence-electron chi connectivity index (χ4n) is 2.13. The van der Waals surface area contributed by atoms with Crippen LogP contribution in [-0.2, 0) is 11.3 Å². The Morgan fingerprint density at radius 3 is 2.78 bits per heavy atom. The second-order valence-corrected chi connectivity index (χ2v) is 4.52. The number of urea groups is 1. The molecule has 5 heteroatoms. The zero-order chi connectivity index (χ0) is 13.0. The second kappa shape index (κ2) is 5.53. The van der Waals surface area contributed by atoms with Crippen molar-refractivity contribution in [2.45, 2.75) is 13.0 Å². The maximum Gasteiger partial charge on any atom is 0.317 e. The summed E-state index contributed by atoms with van der Waals surface area (Å²) in [5.74, 6) is -0.847. The number of benzene rings is 1. The fraction of sp³-hybridized carbons (Fsp3) is 0.385. The lowest BCUT2D eigenvalue weighted by Gasteiger charge is -2.32. The van der Waals surface area contributed by atoms with Gasteiger partial charge in [-0.25, -0.2) is 4.79 Å². The van der Waals surface area contributed by atoms with Crippen molar-refractivity contribution < 1.29 is 14.7 Å². The first-order valence-corrected chi connectivity index (χ1v) is 5.93. The minimum absolute atomic E-state index is 0.0242. The van der Waals surface area contributed by atoms with Crippen LogP contribution in [0.3, 0.4) is 0 Å². The number of rotatable bonds is 4. The molecule has 1 saturated heterocycles. The van der Waals surface area contributed by atoms with Crippen molar-refractivity contribution in [1.82, 2.24) is 10.2 Å². The Labute approximate surface area is 105 Å². The Morgan fingerprint density at radius 2 is 2.11 bits per heavy atom. The van der Waals surface area contributed by atoms with E-state index in [1.165, 1.54) is 0 Å². The summed E-state index contributed by atoms with van der Waals surface area (Å²) in [6, 6.07) is 9.55. The van der Waals surface area contributed by atoms with Crippen LogP contribution >= 0.6 is 0 Å². The van der Waals surface area contributed by atoms with Gasteiger partial charge in [-0.3, -0.25) is 4.79 Å². The molecule has 2 amide bonds. The lowest BCUT2D eigenvalue weighted by Crippen LogP contribution is -2.50. The van der Waals surface area contributed by atoms with E-state index >= 15 is 0 Å². The van der Waals surface area contributed by atoms with Crippen molar-refractivity contribution in [2.75, 3.05) is 13.1 Å². The number of carbonyl (C=O) groups excluding carboxylic acids is 1. The minimum atomic E-state index is -0.823. The zero-order valence-corrected chi connectivity index (χ0v) is 10.0. The molecule has 1 aromatic rings. The number of nitrogens with zero attached hydrogens (tertiary/aromatic N) is 1. The van der Waals surface area contributed by atoms with E-state index < -0.39 is 5.97 Å². The van der Waals surface area contributed by atoms with E-state index in [-0.39, 0.29) is 18.4 Å². The van der Waals surface area contributed by atoms with Gasteiger partial charge in [0.2, 0.25) is 0 Å². The molecule has 96 valence electrons. The summed E-state index contributed by atoms with van der Waals surface area (Å²) in [7, 11) is 0. The summed E-state index contributed by atoms with van der Waals surface area (Å²) in [5.41, 5.74) is 1.05. The molecule has 2 N–H and O–H groups in total. The van der Waals surface area contributed by atoms with Gasteiger partial charge in [0.25, 0.3) is 0 Å². The van der Waals surface area contributed by atoms with Crippen molar-refractivity contribution in [3.63, 3.8) is 0 Å². The van der Waals surface area contributed by atoms with Crippen molar-refractivity contribution in [1.29, 1.82) is 0 Å². The van der Waals surface area contributed by atoms with Crippen LogP contribution in [-0.4, -0.2) is 35.1 Å². The predicted octanol–water partition coefficient (Wildman–Crippen LogP) is 1.30. The molecule has 0 radical (unpaired) electrons. The smallest absolute Gasteiger partial charge is 0.317 e. The monoisotopic (exact) mass is 248 g/mol. The summed E-state index contributed by atoms with van der Waals surface area (Å²) in [6.45, 7) is 1.45. The molecular formula is C13H16N2O3. The van der Waals surface area contributed by atoms with E-state index in [2.05, 4.69) is 5.32 Å². The number of carboxylic acids is 1. The lowest BCUT2D eigenvalue weighted by molar-refractivity contribution is -0.138. The van der Waals surface area contributed by atoms with Gasteiger partial charge in [-0.15, -0.1) is 0 Å². The van der Waals surface area contributed by atoms with E-state index in [0.29, 0.717) is 19.6 Å². The molecule has 1 atom stereocenters. The minimum Gasteiger partial charge on any atom is -0.481 e. The summed E-state index contributed by atoms with van der Waals surface area (Å²) >= 11 is 0. The topological polar surface area (TPSA) is 69.6 Å². The summed E-state index contributed by atoms with van der Waals surface area (Å²) < 4.78 is 0. The Bertz CT molecular complexity index is 433. The van der Waals surface area contributed by atoms with E-state index in [1.807, 2.05) is 30.3 Å².